The van der Waals surface area contributed by atoms with E-state index in [0.717, 1.165) is 51.3 Å². The summed E-state index contributed by atoms with van der Waals surface area (Å²) in [6.07, 6.45) is 0. The average molecular weight is 677 g/mol. The lowest BCUT2D eigenvalue weighted by molar-refractivity contribution is -0.150. The van der Waals surface area contributed by atoms with Crippen LogP contribution in [-0.4, -0.2) is 104 Å². The van der Waals surface area contributed by atoms with Gasteiger partial charge in [-0.15, -0.1) is 46.6 Å². The van der Waals surface area contributed by atoms with E-state index in [1.807, 2.05) is 0 Å². The van der Waals surface area contributed by atoms with Crippen LogP contribution in [0, 0.1) is 0 Å². The third-order valence-corrected chi connectivity index (χ3v) is 10.6. The van der Waals surface area contributed by atoms with Gasteiger partial charge in [0.2, 0.25) is 5.88 Å². The largest absolute Gasteiger partial charge is 0.492 e. The highest BCUT2D eigenvalue weighted by atomic mass is 32.2. The minimum Gasteiger partial charge on any atom is -0.492 e. The number of amides is 2. The van der Waals surface area contributed by atoms with Crippen molar-refractivity contribution in [3.63, 3.8) is 0 Å². The molecule has 2 aliphatic heterocycles. The van der Waals surface area contributed by atoms with Crippen LogP contribution in [-0.2, 0) is 24.0 Å². The number of thiazole rings is 1. The van der Waals surface area contributed by atoms with E-state index in [9.17, 15) is 44.4 Å². The number of thioether (sulfide) groups is 3. The number of hydrogen-bond donors (Lipinski definition) is 6. The smallest absolute Gasteiger partial charge is 0.358 e. The first-order valence-corrected chi connectivity index (χ1v) is 16.2. The molecule has 1 saturated heterocycles. The maximum Gasteiger partial charge on any atom is 0.358 e. The van der Waals surface area contributed by atoms with Gasteiger partial charge in [-0.05, 0) is 22.9 Å². The Morgan fingerprint density at radius 1 is 1.29 bits per heavy atom. The molecule has 0 aliphatic carbocycles. The molecule has 2 aliphatic rings. The van der Waals surface area contributed by atoms with Gasteiger partial charge in [-0.2, -0.15) is 4.37 Å². The highest BCUT2D eigenvalue weighted by molar-refractivity contribution is 8.02. The maximum absolute atomic E-state index is 13.2. The van der Waals surface area contributed by atoms with Gasteiger partial charge >= 0.3 is 17.9 Å². The van der Waals surface area contributed by atoms with Gasteiger partial charge in [-0.3, -0.25) is 14.5 Å². The Morgan fingerprint density at radius 2 is 2.02 bits per heavy atom. The zero-order valence-corrected chi connectivity index (χ0v) is 25.2. The van der Waals surface area contributed by atoms with E-state index in [1.165, 1.54) is 17.1 Å². The number of aromatic carboxylic acids is 1. The van der Waals surface area contributed by atoms with Gasteiger partial charge in [-0.1, -0.05) is 12.1 Å². The summed E-state index contributed by atoms with van der Waals surface area (Å²) in [5.74, 6) is -5.84. The number of nitrogens with one attached hydrogen (secondary N) is 1. The van der Waals surface area contributed by atoms with Crippen LogP contribution in [0.5, 0.6) is 5.88 Å². The Morgan fingerprint density at radius 3 is 2.62 bits per heavy atom. The number of oxime groups is 1. The summed E-state index contributed by atoms with van der Waals surface area (Å²) in [6.45, 7) is 1.71. The Hall–Kier alpha value is -3.53. The van der Waals surface area contributed by atoms with Crippen molar-refractivity contribution in [2.75, 3.05) is 23.0 Å². The number of fused-ring (bicyclic) bond motifs is 1. The number of β-lactam (4-membered cyclic amide) rings is 1. The Bertz CT molecular complexity index is 1510. The molecule has 16 nitrogen and oxygen atoms in total. The number of aromatic nitrogens is 2. The Labute approximate surface area is 256 Å². The maximum atomic E-state index is 13.2. The SMILES string of the molecule is CCSC(O/N=C(\C(=O)N[C@@H]1C(=O)N2C(C(=O)O)=C(CSc3snc(O)c3C(=O)O)CS[C@@H]12)c1csc(N)n1)C(=O)O. The van der Waals surface area contributed by atoms with Gasteiger partial charge in [0, 0.05) is 16.9 Å². The van der Waals surface area contributed by atoms with E-state index < -0.39 is 63.7 Å². The molecular formula is C21H20N6O10S5. The van der Waals surface area contributed by atoms with Crippen LogP contribution in [0.2, 0.25) is 0 Å². The fourth-order valence-corrected chi connectivity index (χ4v) is 8.17. The number of carboxylic acids is 3. The van der Waals surface area contributed by atoms with E-state index in [2.05, 4.69) is 19.8 Å². The molecule has 7 N–H and O–H groups in total. The van der Waals surface area contributed by atoms with E-state index in [-0.39, 0.29) is 32.2 Å². The van der Waals surface area contributed by atoms with Gasteiger partial charge < -0.3 is 36.3 Å². The molecule has 0 radical (unpaired) electrons. The average Bonchev–Trinajstić information content (AvgIpc) is 3.53. The van der Waals surface area contributed by atoms with Crippen LogP contribution in [0.3, 0.4) is 0 Å². The van der Waals surface area contributed by atoms with Crippen molar-refractivity contribution in [1.29, 1.82) is 0 Å². The number of anilines is 1. The molecule has 0 saturated carbocycles. The topological polar surface area (TPSA) is 255 Å². The van der Waals surface area contributed by atoms with Crippen LogP contribution < -0.4 is 11.1 Å². The molecule has 4 heterocycles. The summed E-state index contributed by atoms with van der Waals surface area (Å²) in [6, 6.07) is -1.15. The first kappa shape index (κ1) is 31.4. The van der Waals surface area contributed by atoms with Crippen LogP contribution in [0.1, 0.15) is 23.0 Å². The first-order valence-electron chi connectivity index (χ1n) is 11.5. The lowest BCUT2D eigenvalue weighted by atomic mass is 10.0. The zero-order chi connectivity index (χ0) is 30.7. The third kappa shape index (κ3) is 6.43. The highest BCUT2D eigenvalue weighted by Crippen LogP contribution is 2.43. The Kier molecular flexibility index (Phi) is 9.86. The van der Waals surface area contributed by atoms with Crippen molar-refractivity contribution in [1.82, 2.24) is 19.6 Å². The minimum absolute atomic E-state index is 0.00395. The fraction of sp³-hybridized carbons (Fsp3) is 0.333. The highest BCUT2D eigenvalue weighted by Gasteiger charge is 2.54. The quantitative estimate of drug-likeness (QED) is 0.0569. The summed E-state index contributed by atoms with van der Waals surface area (Å²) in [4.78, 5) is 71.4. The number of nitrogens with zero attached hydrogens (tertiary/aromatic N) is 4. The number of nitrogens with two attached hydrogens (primary N) is 1. The summed E-state index contributed by atoms with van der Waals surface area (Å²) >= 11 is 4.81. The van der Waals surface area contributed by atoms with Gasteiger partial charge in [0.1, 0.15) is 28.4 Å². The molecule has 2 aromatic rings. The lowest BCUT2D eigenvalue weighted by Crippen LogP contribution is -2.71. The van der Waals surface area contributed by atoms with Gasteiger partial charge in [0.15, 0.2) is 10.8 Å². The predicted molar refractivity (Wildman–Crippen MR) is 155 cm³/mol. The third-order valence-electron chi connectivity index (χ3n) is 5.51. The van der Waals surface area contributed by atoms with Crippen LogP contribution in [0.25, 0.3) is 0 Å². The number of carboxylic acid groups (broad SMARTS) is 3. The summed E-state index contributed by atoms with van der Waals surface area (Å²) in [7, 11) is 0. The molecule has 1 unspecified atom stereocenters. The second kappa shape index (κ2) is 13.2. The van der Waals surface area contributed by atoms with E-state index in [4.69, 9.17) is 10.6 Å². The number of carbonyl (C=O) groups excluding carboxylic acids is 2. The van der Waals surface area contributed by atoms with Crippen molar-refractivity contribution >= 4 is 98.7 Å². The molecule has 3 atom stereocenters. The number of rotatable bonds is 13. The van der Waals surface area contributed by atoms with Crippen molar-refractivity contribution in [2.45, 2.75) is 28.0 Å². The Balaban J connectivity index is 1.52. The summed E-state index contributed by atoms with van der Waals surface area (Å²) < 4.78 is 3.78. The molecule has 1 fully saturated rings. The fourth-order valence-electron chi connectivity index (χ4n) is 3.71. The monoisotopic (exact) mass is 676 g/mol. The molecule has 0 spiro atoms. The number of aromatic hydroxyl groups is 1. The zero-order valence-electron chi connectivity index (χ0n) is 21.1. The van der Waals surface area contributed by atoms with Crippen molar-refractivity contribution in [3.8, 4) is 5.88 Å². The van der Waals surface area contributed by atoms with Crippen LogP contribution in [0.4, 0.5) is 5.13 Å². The second-order valence-corrected chi connectivity index (χ2v) is 13.5. The lowest BCUT2D eigenvalue weighted by Gasteiger charge is -2.49. The van der Waals surface area contributed by atoms with Gasteiger partial charge in [-0.25, -0.2) is 19.4 Å². The normalized spacial score (nSPS) is 19.1. The molecule has 0 aromatic carbocycles. The molecule has 224 valence electrons. The van der Waals surface area contributed by atoms with Crippen LogP contribution in [0.15, 0.2) is 26.0 Å². The number of aliphatic carboxylic acids is 2. The van der Waals surface area contributed by atoms with Crippen molar-refractivity contribution in [3.05, 3.63) is 27.9 Å². The van der Waals surface area contributed by atoms with Crippen molar-refractivity contribution in [2.24, 2.45) is 5.16 Å². The molecule has 21 heteroatoms. The van der Waals surface area contributed by atoms with Gasteiger partial charge in [0.25, 0.3) is 17.3 Å². The molecular weight excluding hydrogens is 657 g/mol. The van der Waals surface area contributed by atoms with Crippen LogP contribution >= 0.6 is 58.2 Å². The van der Waals surface area contributed by atoms with E-state index in [0.29, 0.717) is 11.3 Å². The van der Waals surface area contributed by atoms with Gasteiger partial charge in [0.05, 0.1) is 4.21 Å². The van der Waals surface area contributed by atoms with E-state index in [1.54, 1.807) is 6.92 Å². The second-order valence-electron chi connectivity index (χ2n) is 8.12. The summed E-state index contributed by atoms with van der Waals surface area (Å²) in [5, 5.41) is 45.1. The summed E-state index contributed by atoms with van der Waals surface area (Å²) in [5.41, 5.74) is 3.47. The predicted octanol–water partition coefficient (Wildman–Crippen LogP) is 1.00. The number of nitrogen functional groups attached to an aromatic ring is 1. The molecule has 4 rings (SSSR count). The number of carbonyl (C=O) groups is 5. The first-order chi connectivity index (χ1) is 19.9. The van der Waals surface area contributed by atoms with Crippen molar-refractivity contribution < 1.29 is 49.2 Å². The van der Waals surface area contributed by atoms with E-state index >= 15 is 0 Å². The number of hydrogen-bond acceptors (Lipinski definition) is 16. The molecule has 42 heavy (non-hydrogen) atoms. The molecule has 2 aromatic heterocycles. The standard InChI is InChI=1S/C21H20N6O10S5/c1-2-38-19(18(35)36)37-25-9(7-5-41-21(22)23-7)13(29)24-10-14(30)27-11(17(33)34)6(3-39-15(10)27)4-40-20-8(16(31)32)12(28)26-42-20/h5,10,15,19H,2-4H2,1H3,(H2,22,23)(H,24,29)(H,26,28)(H,31,32)(H,33,34)(H,35,36)/b25-9-/t10-,15+,19?/m1/s1. The molecule has 0 bridgehead atoms. The molecule has 2 amide bonds. The minimum atomic E-state index is -1.41.